The minimum Gasteiger partial charge on any atom is -0.339 e. The third-order valence-corrected chi connectivity index (χ3v) is 5.32. The molecule has 0 aliphatic carbocycles. The van der Waals surface area contributed by atoms with Crippen LogP contribution in [0, 0.1) is 13.8 Å². The molecule has 3 heterocycles. The molecule has 1 saturated heterocycles. The van der Waals surface area contributed by atoms with E-state index in [1.807, 2.05) is 36.4 Å². The number of aromatic nitrogens is 3. The lowest BCUT2D eigenvalue weighted by Gasteiger charge is -2.34. The zero-order valence-electron chi connectivity index (χ0n) is 14.9. The van der Waals surface area contributed by atoms with Crippen molar-refractivity contribution < 1.29 is 4.79 Å². The van der Waals surface area contributed by atoms with Gasteiger partial charge in [-0.3, -0.25) is 4.79 Å². The molecule has 1 atom stereocenters. The smallest absolute Gasteiger partial charge is 0.242 e. The zero-order chi connectivity index (χ0) is 17.4. The van der Waals surface area contributed by atoms with Crippen LogP contribution in [0.3, 0.4) is 0 Å². The zero-order valence-corrected chi connectivity index (χ0v) is 14.9. The van der Waals surface area contributed by atoms with Crippen LogP contribution in [0.25, 0.3) is 10.9 Å². The molecule has 0 saturated carbocycles. The maximum absolute atomic E-state index is 12.9. The van der Waals surface area contributed by atoms with Gasteiger partial charge in [0.05, 0.1) is 6.04 Å². The molecule has 1 aliphatic rings. The van der Waals surface area contributed by atoms with Crippen LogP contribution in [-0.4, -0.2) is 38.0 Å². The highest BCUT2D eigenvalue weighted by Gasteiger charge is 2.25. The summed E-state index contributed by atoms with van der Waals surface area (Å²) >= 11 is 0. The number of piperidine rings is 1. The average Bonchev–Trinajstić information content (AvgIpc) is 3.18. The lowest BCUT2D eigenvalue weighted by atomic mass is 10.1. The summed E-state index contributed by atoms with van der Waals surface area (Å²) in [6, 6.07) is 10.7. The Hall–Kier alpha value is -2.56. The average molecular weight is 336 g/mol. The second-order valence-electron chi connectivity index (χ2n) is 6.95. The van der Waals surface area contributed by atoms with Crippen LogP contribution in [0.1, 0.15) is 30.4 Å². The van der Waals surface area contributed by atoms with Gasteiger partial charge in [0.1, 0.15) is 12.4 Å². The van der Waals surface area contributed by atoms with Crippen molar-refractivity contribution in [2.24, 2.45) is 0 Å². The van der Waals surface area contributed by atoms with Crippen LogP contribution in [0.2, 0.25) is 0 Å². The minimum absolute atomic E-state index is 0.201. The van der Waals surface area contributed by atoms with Crippen LogP contribution < -0.4 is 0 Å². The largest absolute Gasteiger partial charge is 0.339 e. The van der Waals surface area contributed by atoms with E-state index in [-0.39, 0.29) is 5.91 Å². The second-order valence-corrected chi connectivity index (χ2v) is 6.95. The van der Waals surface area contributed by atoms with E-state index >= 15 is 0 Å². The predicted molar refractivity (Wildman–Crippen MR) is 98.5 cm³/mol. The van der Waals surface area contributed by atoms with E-state index in [2.05, 4.69) is 39.2 Å². The van der Waals surface area contributed by atoms with Crippen molar-refractivity contribution in [1.29, 1.82) is 0 Å². The molecule has 130 valence electrons. The first kappa shape index (κ1) is 15.9. The Kier molecular flexibility index (Phi) is 4.07. The molecule has 4 rings (SSSR count). The van der Waals surface area contributed by atoms with Gasteiger partial charge < -0.3 is 14.0 Å². The quantitative estimate of drug-likeness (QED) is 0.736. The number of nitrogens with zero attached hydrogens (tertiary/aromatic N) is 4. The fourth-order valence-corrected chi connectivity index (χ4v) is 3.98. The summed E-state index contributed by atoms with van der Waals surface area (Å²) in [5, 5.41) is 1.19. The first-order valence-electron chi connectivity index (χ1n) is 8.95. The van der Waals surface area contributed by atoms with Crippen molar-refractivity contribution in [3.05, 3.63) is 54.2 Å². The van der Waals surface area contributed by atoms with Gasteiger partial charge in [-0.1, -0.05) is 18.2 Å². The fourth-order valence-electron chi connectivity index (χ4n) is 3.98. The van der Waals surface area contributed by atoms with Gasteiger partial charge in [0.2, 0.25) is 5.91 Å². The SMILES string of the molecule is Cc1nccn1[C@H]1CCCN(C(=O)Cn2c(C)cc3ccccc32)C1. The summed E-state index contributed by atoms with van der Waals surface area (Å²) < 4.78 is 4.33. The first-order valence-corrected chi connectivity index (χ1v) is 8.95. The molecule has 1 aliphatic heterocycles. The van der Waals surface area contributed by atoms with E-state index in [1.54, 1.807) is 0 Å². The van der Waals surface area contributed by atoms with Crippen LogP contribution in [-0.2, 0) is 11.3 Å². The van der Waals surface area contributed by atoms with Crippen LogP contribution in [0.15, 0.2) is 42.7 Å². The molecule has 3 aromatic rings. The summed E-state index contributed by atoms with van der Waals surface area (Å²) in [5.74, 6) is 1.22. The molecule has 0 bridgehead atoms. The summed E-state index contributed by atoms with van der Waals surface area (Å²) in [5.41, 5.74) is 2.26. The Bertz CT molecular complexity index is 907. The third-order valence-electron chi connectivity index (χ3n) is 5.32. The van der Waals surface area contributed by atoms with Gasteiger partial charge in [0, 0.05) is 36.7 Å². The van der Waals surface area contributed by atoms with E-state index in [9.17, 15) is 4.79 Å². The molecule has 5 heteroatoms. The highest BCUT2D eigenvalue weighted by Crippen LogP contribution is 2.24. The molecule has 25 heavy (non-hydrogen) atoms. The van der Waals surface area contributed by atoms with Crippen molar-refractivity contribution in [3.8, 4) is 0 Å². The number of hydrogen-bond acceptors (Lipinski definition) is 2. The Morgan fingerprint density at radius 2 is 2.12 bits per heavy atom. The van der Waals surface area contributed by atoms with Gasteiger partial charge >= 0.3 is 0 Å². The Balaban J connectivity index is 1.52. The first-order chi connectivity index (χ1) is 12.1. The number of imidazole rings is 1. The van der Waals surface area contributed by atoms with Gasteiger partial charge in [0.15, 0.2) is 0 Å². The summed E-state index contributed by atoms with van der Waals surface area (Å²) in [7, 11) is 0. The van der Waals surface area contributed by atoms with E-state index < -0.39 is 0 Å². The molecule has 0 unspecified atom stereocenters. The number of aryl methyl sites for hydroxylation is 2. The minimum atomic E-state index is 0.201. The number of para-hydroxylation sites is 1. The molecule has 0 N–H and O–H groups in total. The number of carbonyl (C=O) groups excluding carboxylic acids is 1. The number of rotatable bonds is 3. The van der Waals surface area contributed by atoms with E-state index in [0.29, 0.717) is 12.6 Å². The Morgan fingerprint density at radius 1 is 1.28 bits per heavy atom. The normalized spacial score (nSPS) is 18.0. The molecule has 2 aromatic heterocycles. The van der Waals surface area contributed by atoms with Crippen molar-refractivity contribution >= 4 is 16.8 Å². The van der Waals surface area contributed by atoms with Crippen LogP contribution >= 0.6 is 0 Å². The van der Waals surface area contributed by atoms with Gasteiger partial charge in [-0.25, -0.2) is 4.98 Å². The van der Waals surface area contributed by atoms with Crippen molar-refractivity contribution in [3.63, 3.8) is 0 Å². The monoisotopic (exact) mass is 336 g/mol. The van der Waals surface area contributed by atoms with E-state index in [0.717, 1.165) is 43.0 Å². The van der Waals surface area contributed by atoms with Crippen molar-refractivity contribution in [2.75, 3.05) is 13.1 Å². The van der Waals surface area contributed by atoms with Gasteiger partial charge in [0.25, 0.3) is 0 Å². The Morgan fingerprint density at radius 3 is 2.92 bits per heavy atom. The van der Waals surface area contributed by atoms with Gasteiger partial charge in [-0.05, 0) is 44.2 Å². The molecule has 1 amide bonds. The molecular weight excluding hydrogens is 312 g/mol. The number of benzene rings is 1. The topological polar surface area (TPSA) is 43.1 Å². The fraction of sp³-hybridized carbons (Fsp3) is 0.400. The van der Waals surface area contributed by atoms with Gasteiger partial charge in [-0.2, -0.15) is 0 Å². The Labute approximate surface area is 147 Å². The molecular formula is C20H24N4O. The molecule has 0 radical (unpaired) electrons. The van der Waals surface area contributed by atoms with Gasteiger partial charge in [-0.15, -0.1) is 0 Å². The highest BCUT2D eigenvalue weighted by atomic mass is 16.2. The summed E-state index contributed by atoms with van der Waals surface area (Å²) in [4.78, 5) is 19.3. The summed E-state index contributed by atoms with van der Waals surface area (Å²) in [6.07, 6.45) is 6.01. The molecule has 5 nitrogen and oxygen atoms in total. The maximum Gasteiger partial charge on any atom is 0.242 e. The predicted octanol–water partition coefficient (Wildman–Crippen LogP) is 3.32. The lowest BCUT2D eigenvalue weighted by Crippen LogP contribution is -2.42. The number of likely N-dealkylation sites (tertiary alicyclic amines) is 1. The van der Waals surface area contributed by atoms with E-state index in [4.69, 9.17) is 0 Å². The number of hydrogen-bond donors (Lipinski definition) is 0. The van der Waals surface area contributed by atoms with Crippen LogP contribution in [0.5, 0.6) is 0 Å². The molecule has 1 fully saturated rings. The molecule has 0 spiro atoms. The standard InChI is InChI=1S/C20H24N4O/c1-15-12-17-6-3-4-8-19(17)24(15)14-20(25)22-10-5-7-18(13-22)23-11-9-21-16(23)2/h3-4,6,8-9,11-12,18H,5,7,10,13-14H2,1-2H3/t18-/m0/s1. The number of fused-ring (bicyclic) bond motifs is 1. The van der Waals surface area contributed by atoms with Crippen LogP contribution in [0.4, 0.5) is 0 Å². The second kappa shape index (κ2) is 6.39. The third kappa shape index (κ3) is 2.95. The maximum atomic E-state index is 12.9. The van der Waals surface area contributed by atoms with Crippen molar-refractivity contribution in [2.45, 2.75) is 39.3 Å². The molecule has 1 aromatic carbocycles. The lowest BCUT2D eigenvalue weighted by molar-refractivity contribution is -0.133. The number of amides is 1. The highest BCUT2D eigenvalue weighted by molar-refractivity contribution is 5.84. The van der Waals surface area contributed by atoms with E-state index in [1.165, 1.54) is 5.39 Å². The van der Waals surface area contributed by atoms with Crippen molar-refractivity contribution in [1.82, 2.24) is 19.0 Å². The summed E-state index contributed by atoms with van der Waals surface area (Å²) in [6.45, 7) is 6.13. The number of carbonyl (C=O) groups is 1.